The van der Waals surface area contributed by atoms with Crippen LogP contribution in [-0.2, 0) is 14.8 Å². The molecule has 3 rings (SSSR count). The third-order valence-corrected chi connectivity index (χ3v) is 6.65. The number of hydrogen-bond acceptors (Lipinski definition) is 5. The Balaban J connectivity index is 1.84. The Bertz CT molecular complexity index is 1240. The van der Waals surface area contributed by atoms with Gasteiger partial charge in [-0.15, -0.1) is 0 Å². The zero-order valence-electron chi connectivity index (χ0n) is 18.4. The van der Waals surface area contributed by atoms with Gasteiger partial charge < -0.3 is 4.74 Å². The minimum Gasteiger partial charge on any atom is -0.497 e. The van der Waals surface area contributed by atoms with Gasteiger partial charge in [0.2, 0.25) is 0 Å². The highest BCUT2D eigenvalue weighted by atomic mass is 32.2. The molecule has 0 saturated carbocycles. The van der Waals surface area contributed by atoms with E-state index >= 15 is 0 Å². The first-order chi connectivity index (χ1) is 15.7. The first kappa shape index (κ1) is 23.9. The molecule has 0 radical (unpaired) electrons. The molecule has 1 N–H and O–H groups in total. The van der Waals surface area contributed by atoms with Crippen molar-refractivity contribution in [1.29, 1.82) is 0 Å². The van der Waals surface area contributed by atoms with Crippen LogP contribution in [0, 0.1) is 12.7 Å². The number of methoxy groups -OCH3 is 1. The number of hydrazone groups is 1. The molecule has 0 spiro atoms. The summed E-state index contributed by atoms with van der Waals surface area (Å²) in [5.41, 5.74) is 4.73. The second-order valence-electron chi connectivity index (χ2n) is 7.26. The van der Waals surface area contributed by atoms with E-state index in [0.29, 0.717) is 11.5 Å². The zero-order valence-corrected chi connectivity index (χ0v) is 19.3. The van der Waals surface area contributed by atoms with Crippen LogP contribution >= 0.6 is 0 Å². The van der Waals surface area contributed by atoms with Crippen LogP contribution in [0.25, 0.3) is 0 Å². The Hall–Kier alpha value is -3.72. The molecule has 0 heterocycles. The SMILES string of the molecule is COc1ccc(/C(C)=N\NC(=O)CN(c2ccc(F)cc2)S(=O)(=O)c2ccc(C)cc2)cc1. The van der Waals surface area contributed by atoms with Crippen LogP contribution in [0.5, 0.6) is 5.75 Å². The second-order valence-corrected chi connectivity index (χ2v) is 9.12. The molecule has 7 nitrogen and oxygen atoms in total. The number of carbonyl (C=O) groups is 1. The first-order valence-corrected chi connectivity index (χ1v) is 11.5. The van der Waals surface area contributed by atoms with Crippen LogP contribution < -0.4 is 14.5 Å². The molecule has 0 fully saturated rings. The Morgan fingerprint density at radius 1 is 1.00 bits per heavy atom. The smallest absolute Gasteiger partial charge is 0.264 e. The van der Waals surface area contributed by atoms with Gasteiger partial charge >= 0.3 is 0 Å². The number of sulfonamides is 1. The van der Waals surface area contributed by atoms with E-state index in [2.05, 4.69) is 10.5 Å². The molecule has 0 aliphatic carbocycles. The van der Waals surface area contributed by atoms with Crippen molar-refractivity contribution in [3.05, 3.63) is 89.7 Å². The lowest BCUT2D eigenvalue weighted by Gasteiger charge is -2.23. The monoisotopic (exact) mass is 469 g/mol. The summed E-state index contributed by atoms with van der Waals surface area (Å²) in [6.45, 7) is 3.01. The van der Waals surface area contributed by atoms with Gasteiger partial charge in [-0.2, -0.15) is 5.10 Å². The molecule has 0 bridgehead atoms. The maximum Gasteiger partial charge on any atom is 0.264 e. The summed E-state index contributed by atoms with van der Waals surface area (Å²) >= 11 is 0. The number of nitrogens with one attached hydrogen (secondary N) is 1. The lowest BCUT2D eigenvalue weighted by atomic mass is 10.1. The van der Waals surface area contributed by atoms with E-state index in [1.165, 1.54) is 24.3 Å². The summed E-state index contributed by atoms with van der Waals surface area (Å²) in [5.74, 6) is -0.481. The summed E-state index contributed by atoms with van der Waals surface area (Å²) in [5, 5.41) is 4.07. The molecule has 3 aromatic rings. The van der Waals surface area contributed by atoms with Gasteiger partial charge in [-0.05, 0) is 80.1 Å². The van der Waals surface area contributed by atoms with Gasteiger partial charge in [0.1, 0.15) is 18.1 Å². The summed E-state index contributed by atoms with van der Waals surface area (Å²) in [4.78, 5) is 12.7. The molecule has 0 aromatic heterocycles. The maximum atomic E-state index is 13.4. The van der Waals surface area contributed by atoms with Crippen molar-refractivity contribution < 1.29 is 22.3 Å². The molecule has 0 aliphatic rings. The van der Waals surface area contributed by atoms with Crippen molar-refractivity contribution in [2.75, 3.05) is 18.0 Å². The number of ether oxygens (including phenoxy) is 1. The van der Waals surface area contributed by atoms with Gasteiger partial charge in [0, 0.05) is 0 Å². The molecule has 0 atom stereocenters. The summed E-state index contributed by atoms with van der Waals surface area (Å²) in [6, 6.07) is 18.2. The van der Waals surface area contributed by atoms with Crippen molar-refractivity contribution in [2.24, 2.45) is 5.10 Å². The van der Waals surface area contributed by atoms with Gasteiger partial charge in [-0.25, -0.2) is 18.2 Å². The third-order valence-electron chi connectivity index (χ3n) is 4.87. The minimum atomic E-state index is -4.09. The molecular formula is C24H24FN3O4S. The quantitative estimate of drug-likeness (QED) is 0.401. The van der Waals surface area contributed by atoms with Gasteiger partial charge in [-0.1, -0.05) is 17.7 Å². The highest BCUT2D eigenvalue weighted by Gasteiger charge is 2.27. The molecule has 1 amide bonds. The van der Waals surface area contributed by atoms with Crippen LogP contribution in [0.2, 0.25) is 0 Å². The molecule has 33 heavy (non-hydrogen) atoms. The van der Waals surface area contributed by atoms with E-state index in [-0.39, 0.29) is 10.6 Å². The van der Waals surface area contributed by atoms with E-state index in [4.69, 9.17) is 4.74 Å². The Morgan fingerprint density at radius 2 is 1.61 bits per heavy atom. The predicted octanol–water partition coefficient (Wildman–Crippen LogP) is 3.88. The molecule has 9 heteroatoms. The molecule has 0 aliphatic heterocycles. The molecular weight excluding hydrogens is 445 g/mol. The van der Waals surface area contributed by atoms with E-state index in [1.807, 2.05) is 6.92 Å². The van der Waals surface area contributed by atoms with Crippen LogP contribution in [0.3, 0.4) is 0 Å². The van der Waals surface area contributed by atoms with Crippen molar-refractivity contribution in [3.8, 4) is 5.75 Å². The molecule has 3 aromatic carbocycles. The number of anilines is 1. The summed E-state index contributed by atoms with van der Waals surface area (Å²) in [6.07, 6.45) is 0. The zero-order chi connectivity index (χ0) is 24.0. The lowest BCUT2D eigenvalue weighted by Crippen LogP contribution is -2.39. The predicted molar refractivity (Wildman–Crippen MR) is 125 cm³/mol. The number of nitrogens with zero attached hydrogens (tertiary/aromatic N) is 2. The van der Waals surface area contributed by atoms with Crippen molar-refractivity contribution in [1.82, 2.24) is 5.43 Å². The number of hydrogen-bond donors (Lipinski definition) is 1. The van der Waals surface area contributed by atoms with Crippen molar-refractivity contribution >= 4 is 27.3 Å². The van der Waals surface area contributed by atoms with Crippen LogP contribution in [0.15, 0.2) is 82.8 Å². The second kappa shape index (κ2) is 10.3. The highest BCUT2D eigenvalue weighted by molar-refractivity contribution is 7.92. The molecule has 172 valence electrons. The van der Waals surface area contributed by atoms with Crippen LogP contribution in [-0.4, -0.2) is 33.7 Å². The topological polar surface area (TPSA) is 88.1 Å². The third kappa shape index (κ3) is 5.95. The van der Waals surface area contributed by atoms with Crippen molar-refractivity contribution in [3.63, 3.8) is 0 Å². The van der Waals surface area contributed by atoms with E-state index in [9.17, 15) is 17.6 Å². The fraction of sp³-hybridized carbons (Fsp3) is 0.167. The van der Waals surface area contributed by atoms with Gasteiger partial charge in [-0.3, -0.25) is 9.10 Å². The largest absolute Gasteiger partial charge is 0.497 e. The number of aryl methyl sites for hydroxylation is 1. The summed E-state index contributed by atoms with van der Waals surface area (Å²) < 4.78 is 46.0. The normalized spacial score (nSPS) is 11.7. The van der Waals surface area contributed by atoms with Crippen molar-refractivity contribution in [2.45, 2.75) is 18.7 Å². The number of benzene rings is 3. The average molecular weight is 470 g/mol. The van der Waals surface area contributed by atoms with Crippen LogP contribution in [0.1, 0.15) is 18.1 Å². The van der Waals surface area contributed by atoms with E-state index in [1.54, 1.807) is 50.4 Å². The number of rotatable bonds is 8. The van der Waals surface area contributed by atoms with Gasteiger partial charge in [0.25, 0.3) is 15.9 Å². The molecule has 0 unspecified atom stereocenters. The highest BCUT2D eigenvalue weighted by Crippen LogP contribution is 2.24. The van der Waals surface area contributed by atoms with Gasteiger partial charge in [0.15, 0.2) is 0 Å². The minimum absolute atomic E-state index is 0.0168. The Morgan fingerprint density at radius 3 is 2.18 bits per heavy atom. The maximum absolute atomic E-state index is 13.4. The molecule has 0 saturated heterocycles. The lowest BCUT2D eigenvalue weighted by molar-refractivity contribution is -0.119. The van der Waals surface area contributed by atoms with Gasteiger partial charge in [0.05, 0.1) is 23.4 Å². The fourth-order valence-corrected chi connectivity index (χ4v) is 4.39. The average Bonchev–Trinajstić information content (AvgIpc) is 2.82. The first-order valence-electron chi connectivity index (χ1n) is 10.0. The van der Waals surface area contributed by atoms with E-state index in [0.717, 1.165) is 27.6 Å². The Kier molecular flexibility index (Phi) is 7.44. The van der Waals surface area contributed by atoms with E-state index < -0.39 is 28.3 Å². The summed E-state index contributed by atoms with van der Waals surface area (Å²) in [7, 11) is -2.53. The number of halogens is 1. The van der Waals surface area contributed by atoms with Crippen LogP contribution in [0.4, 0.5) is 10.1 Å². The number of amides is 1. The number of carbonyl (C=O) groups excluding carboxylic acids is 1. The fourth-order valence-electron chi connectivity index (χ4n) is 2.97. The Labute approximate surface area is 192 Å². The standard InChI is InChI=1S/C24H24FN3O4S/c1-17-4-14-23(15-5-17)33(30,31)28(21-10-8-20(25)9-11-21)16-24(29)27-26-18(2)19-6-12-22(32-3)13-7-19/h4-15H,16H2,1-3H3,(H,27,29)/b26-18-.